The Hall–Kier alpha value is -0.870. The van der Waals surface area contributed by atoms with Gasteiger partial charge >= 0.3 is 0 Å². The molecule has 0 radical (unpaired) electrons. The van der Waals surface area contributed by atoms with Gasteiger partial charge in [-0.3, -0.25) is 0 Å². The maximum atomic E-state index is 9.19. The fourth-order valence-corrected chi connectivity index (χ4v) is 2.01. The lowest BCUT2D eigenvalue weighted by molar-refractivity contribution is 0.185. The number of hydrogen-bond donors (Lipinski definition) is 2. The number of nitrogens with zero attached hydrogens (tertiary/aromatic N) is 2. The summed E-state index contributed by atoms with van der Waals surface area (Å²) in [5.74, 6) is 1.10. The first-order valence-electron chi connectivity index (χ1n) is 5.12. The molecule has 0 aliphatic carbocycles. The number of aliphatic hydroxyl groups excluding tert-OH is 1. The molecule has 0 amide bonds. The Labute approximate surface area is 84.0 Å². The van der Waals surface area contributed by atoms with Gasteiger partial charge in [0, 0.05) is 25.0 Å². The second kappa shape index (κ2) is 3.71. The van der Waals surface area contributed by atoms with Gasteiger partial charge in [0.05, 0.1) is 12.1 Å². The van der Waals surface area contributed by atoms with Crippen molar-refractivity contribution in [1.29, 1.82) is 0 Å². The summed E-state index contributed by atoms with van der Waals surface area (Å²) in [5, 5.41) is 12.5. The predicted molar refractivity (Wildman–Crippen MR) is 54.0 cm³/mol. The Morgan fingerprint density at radius 1 is 1.79 bits per heavy atom. The summed E-state index contributed by atoms with van der Waals surface area (Å²) in [6.07, 6.45) is 4.62. The van der Waals surface area contributed by atoms with Crippen LogP contribution in [0.15, 0.2) is 12.4 Å². The molecule has 1 aromatic rings. The molecule has 2 N–H and O–H groups in total. The topological polar surface area (TPSA) is 50.1 Å². The van der Waals surface area contributed by atoms with E-state index in [9.17, 15) is 5.11 Å². The zero-order valence-corrected chi connectivity index (χ0v) is 8.64. The van der Waals surface area contributed by atoms with Crippen LogP contribution in [0.1, 0.15) is 38.2 Å². The lowest BCUT2D eigenvalue weighted by atomic mass is 10.1. The maximum Gasteiger partial charge on any atom is 0.126 e. The molecule has 1 aliphatic rings. The molecule has 0 saturated heterocycles. The standard InChI is InChI=1S/C10H17N3O/c1-7-5-9(12-6-8(2)14)10-11-3-4-13(7)10/h3-4,7-9,12,14H,5-6H2,1-2H3/t7?,8-,9?/m0/s1. The second-order valence-corrected chi connectivity index (χ2v) is 4.09. The monoisotopic (exact) mass is 195 g/mol. The minimum Gasteiger partial charge on any atom is -0.392 e. The maximum absolute atomic E-state index is 9.19. The first-order chi connectivity index (χ1) is 6.68. The summed E-state index contributed by atoms with van der Waals surface area (Å²) in [6.45, 7) is 4.61. The molecule has 1 aromatic heterocycles. The minimum absolute atomic E-state index is 0.297. The fraction of sp³-hybridized carbons (Fsp3) is 0.700. The third kappa shape index (κ3) is 1.67. The zero-order chi connectivity index (χ0) is 10.1. The Bertz CT molecular complexity index is 308. The number of hydrogen-bond acceptors (Lipinski definition) is 3. The molecule has 78 valence electrons. The van der Waals surface area contributed by atoms with Crippen LogP contribution in [0.5, 0.6) is 0 Å². The van der Waals surface area contributed by atoms with E-state index in [0.29, 0.717) is 18.6 Å². The van der Waals surface area contributed by atoms with Crippen molar-refractivity contribution in [3.05, 3.63) is 18.2 Å². The largest absolute Gasteiger partial charge is 0.392 e. The van der Waals surface area contributed by atoms with Crippen molar-refractivity contribution >= 4 is 0 Å². The van der Waals surface area contributed by atoms with Crippen molar-refractivity contribution in [2.75, 3.05) is 6.54 Å². The van der Waals surface area contributed by atoms with Crippen molar-refractivity contribution in [3.8, 4) is 0 Å². The van der Waals surface area contributed by atoms with Gasteiger partial charge in [0.2, 0.25) is 0 Å². The highest BCUT2D eigenvalue weighted by atomic mass is 16.3. The van der Waals surface area contributed by atoms with Gasteiger partial charge in [-0.1, -0.05) is 0 Å². The van der Waals surface area contributed by atoms with E-state index in [-0.39, 0.29) is 6.10 Å². The van der Waals surface area contributed by atoms with E-state index >= 15 is 0 Å². The molecule has 0 bridgehead atoms. The van der Waals surface area contributed by atoms with Gasteiger partial charge in [-0.2, -0.15) is 0 Å². The summed E-state index contributed by atoms with van der Waals surface area (Å²) in [5.41, 5.74) is 0. The molecule has 1 aliphatic heterocycles. The number of rotatable bonds is 3. The van der Waals surface area contributed by atoms with Crippen LogP contribution in [-0.2, 0) is 0 Å². The summed E-state index contributed by atoms with van der Waals surface area (Å²) < 4.78 is 2.19. The van der Waals surface area contributed by atoms with Crippen molar-refractivity contribution in [2.45, 2.75) is 38.5 Å². The first-order valence-corrected chi connectivity index (χ1v) is 5.12. The minimum atomic E-state index is -0.297. The van der Waals surface area contributed by atoms with E-state index in [1.165, 1.54) is 0 Å². The first kappa shape index (κ1) is 9.68. The normalized spacial score (nSPS) is 27.6. The molecule has 3 atom stereocenters. The van der Waals surface area contributed by atoms with Crippen LogP contribution in [0.25, 0.3) is 0 Å². The molecule has 14 heavy (non-hydrogen) atoms. The highest BCUT2D eigenvalue weighted by Crippen LogP contribution is 2.32. The molecular weight excluding hydrogens is 178 g/mol. The Morgan fingerprint density at radius 2 is 2.57 bits per heavy atom. The number of aliphatic hydroxyl groups is 1. The molecule has 0 spiro atoms. The van der Waals surface area contributed by atoms with Crippen LogP contribution in [0.3, 0.4) is 0 Å². The molecule has 2 unspecified atom stereocenters. The molecule has 2 heterocycles. The fourth-order valence-electron chi connectivity index (χ4n) is 2.01. The van der Waals surface area contributed by atoms with E-state index in [0.717, 1.165) is 12.2 Å². The number of imidazole rings is 1. The van der Waals surface area contributed by atoms with Crippen molar-refractivity contribution in [1.82, 2.24) is 14.9 Å². The Morgan fingerprint density at radius 3 is 3.29 bits per heavy atom. The highest BCUT2D eigenvalue weighted by molar-refractivity contribution is 5.07. The smallest absolute Gasteiger partial charge is 0.126 e. The van der Waals surface area contributed by atoms with Crippen LogP contribution in [0.2, 0.25) is 0 Å². The van der Waals surface area contributed by atoms with Gasteiger partial charge in [-0.25, -0.2) is 4.98 Å². The predicted octanol–water partition coefficient (Wildman–Crippen LogP) is 0.859. The number of nitrogens with one attached hydrogen (secondary N) is 1. The zero-order valence-electron chi connectivity index (χ0n) is 8.64. The SMILES string of the molecule is CC1CC(NC[C@H](C)O)c2nccn21. The Balaban J connectivity index is 2.03. The lowest BCUT2D eigenvalue weighted by Gasteiger charge is -2.12. The van der Waals surface area contributed by atoms with Crippen LogP contribution in [-0.4, -0.2) is 27.3 Å². The van der Waals surface area contributed by atoms with E-state index in [1.54, 1.807) is 6.92 Å². The summed E-state index contributed by atoms with van der Waals surface area (Å²) >= 11 is 0. The van der Waals surface area contributed by atoms with Gasteiger partial charge in [0.1, 0.15) is 5.82 Å². The van der Waals surface area contributed by atoms with Gasteiger partial charge < -0.3 is 15.0 Å². The van der Waals surface area contributed by atoms with Crippen LogP contribution in [0, 0.1) is 0 Å². The number of fused-ring (bicyclic) bond motifs is 1. The average molecular weight is 195 g/mol. The van der Waals surface area contributed by atoms with E-state index in [1.807, 2.05) is 12.4 Å². The molecule has 0 aromatic carbocycles. The van der Waals surface area contributed by atoms with Gasteiger partial charge in [0.15, 0.2) is 0 Å². The molecule has 4 nitrogen and oxygen atoms in total. The summed E-state index contributed by atoms with van der Waals surface area (Å²) in [7, 11) is 0. The van der Waals surface area contributed by atoms with Crippen LogP contribution < -0.4 is 5.32 Å². The molecule has 2 rings (SSSR count). The van der Waals surface area contributed by atoms with Crippen molar-refractivity contribution < 1.29 is 5.11 Å². The molecular formula is C10H17N3O. The third-order valence-electron chi connectivity index (χ3n) is 2.72. The lowest BCUT2D eigenvalue weighted by Crippen LogP contribution is -2.28. The number of aromatic nitrogens is 2. The highest BCUT2D eigenvalue weighted by Gasteiger charge is 2.28. The molecule has 0 saturated carbocycles. The van der Waals surface area contributed by atoms with Gasteiger partial charge in [-0.15, -0.1) is 0 Å². The van der Waals surface area contributed by atoms with Gasteiger partial charge in [-0.05, 0) is 20.3 Å². The van der Waals surface area contributed by atoms with Gasteiger partial charge in [0.25, 0.3) is 0 Å². The Kier molecular flexibility index (Phi) is 2.56. The van der Waals surface area contributed by atoms with E-state index in [2.05, 4.69) is 21.8 Å². The molecule has 4 heteroatoms. The quantitative estimate of drug-likeness (QED) is 0.752. The average Bonchev–Trinajstić information content (AvgIpc) is 2.67. The van der Waals surface area contributed by atoms with E-state index < -0.39 is 0 Å². The van der Waals surface area contributed by atoms with Crippen molar-refractivity contribution in [3.63, 3.8) is 0 Å². The third-order valence-corrected chi connectivity index (χ3v) is 2.72. The summed E-state index contributed by atoms with van der Waals surface area (Å²) in [6, 6.07) is 0.814. The van der Waals surface area contributed by atoms with Crippen LogP contribution in [0.4, 0.5) is 0 Å². The summed E-state index contributed by atoms with van der Waals surface area (Å²) in [4.78, 5) is 4.33. The van der Waals surface area contributed by atoms with Crippen LogP contribution >= 0.6 is 0 Å². The van der Waals surface area contributed by atoms with E-state index in [4.69, 9.17) is 0 Å². The molecule has 0 fully saturated rings. The second-order valence-electron chi connectivity index (χ2n) is 4.09. The van der Waals surface area contributed by atoms with Crippen molar-refractivity contribution in [2.24, 2.45) is 0 Å².